The van der Waals surface area contributed by atoms with Crippen LogP contribution in [0.3, 0.4) is 0 Å². The Labute approximate surface area is 144 Å². The Balaban J connectivity index is 1.68. The summed E-state index contributed by atoms with van der Waals surface area (Å²) in [5, 5.41) is 12.3. The molecule has 1 aromatic heterocycles. The Hall–Kier alpha value is -2.26. The topological polar surface area (TPSA) is 91.3 Å². The summed E-state index contributed by atoms with van der Waals surface area (Å²) in [6, 6.07) is 5.60. The lowest BCUT2D eigenvalue weighted by Gasteiger charge is -2.13. The molecule has 1 saturated carbocycles. The molecule has 6 nitrogen and oxygen atoms in total. The maximum atomic E-state index is 13.2. The molecular weight excluding hydrogens is 352 g/mol. The lowest BCUT2D eigenvalue weighted by Crippen LogP contribution is -2.19. The summed E-state index contributed by atoms with van der Waals surface area (Å²) in [6.07, 6.45) is 3.06. The number of pyridine rings is 1. The number of benzene rings is 1. The minimum Gasteiger partial charge on any atom is -0.396 e. The first-order valence-electron chi connectivity index (χ1n) is 7.62. The largest absolute Gasteiger partial charge is 0.396 e. The summed E-state index contributed by atoms with van der Waals surface area (Å²) in [6.45, 7) is 0.667. The number of hydrogen-bond acceptors (Lipinski definition) is 5. The molecule has 1 fully saturated rings. The molecule has 9 heteroatoms. The van der Waals surface area contributed by atoms with Gasteiger partial charge in [0, 0.05) is 24.2 Å². The first-order chi connectivity index (χ1) is 11.8. The normalized spacial score (nSPS) is 15.6. The highest BCUT2D eigenvalue weighted by molar-refractivity contribution is 7.92. The van der Waals surface area contributed by atoms with E-state index in [9.17, 15) is 22.3 Å². The van der Waals surface area contributed by atoms with Gasteiger partial charge in [0.2, 0.25) is 0 Å². The van der Waals surface area contributed by atoms with E-state index in [1.807, 2.05) is 0 Å². The van der Waals surface area contributed by atoms with Gasteiger partial charge in [0.25, 0.3) is 10.0 Å². The summed E-state index contributed by atoms with van der Waals surface area (Å²) < 4.78 is 52.8. The third kappa shape index (κ3) is 4.05. The quantitative estimate of drug-likeness (QED) is 0.697. The third-order valence-corrected chi connectivity index (χ3v) is 5.52. The van der Waals surface area contributed by atoms with Gasteiger partial charge in [0.15, 0.2) is 11.6 Å². The molecule has 0 bridgehead atoms. The minimum atomic E-state index is -3.96. The molecule has 0 unspecified atom stereocenters. The van der Waals surface area contributed by atoms with Crippen LogP contribution in [0.1, 0.15) is 12.8 Å². The van der Waals surface area contributed by atoms with Gasteiger partial charge >= 0.3 is 0 Å². The summed E-state index contributed by atoms with van der Waals surface area (Å²) in [5.74, 6) is -1.71. The van der Waals surface area contributed by atoms with Gasteiger partial charge in [0.05, 0.1) is 12.3 Å². The summed E-state index contributed by atoms with van der Waals surface area (Å²) in [5.41, 5.74) is -0.180. The SMILES string of the molecule is O=S(=O)(Nc1ccc(F)c(F)c1)c1ccc(NCC2(CO)CC2)nc1. The second-order valence-electron chi connectivity index (χ2n) is 6.13. The van der Waals surface area contributed by atoms with Crippen molar-refractivity contribution in [2.24, 2.45) is 5.41 Å². The fraction of sp³-hybridized carbons (Fsp3) is 0.312. The second-order valence-corrected chi connectivity index (χ2v) is 7.81. The number of sulfonamides is 1. The molecule has 2 aromatic rings. The standard InChI is InChI=1S/C16H17F2N3O3S/c17-13-3-1-11(7-14(13)18)21-25(23,24)12-2-4-15(19-8-12)20-9-16(10-22)5-6-16/h1-4,7-8,21-22H,5-6,9-10H2,(H,19,20). The fourth-order valence-electron chi connectivity index (χ4n) is 2.26. The molecule has 0 spiro atoms. The Morgan fingerprint density at radius 3 is 2.48 bits per heavy atom. The molecule has 0 aliphatic heterocycles. The van der Waals surface area contributed by atoms with Gasteiger partial charge in [-0.25, -0.2) is 22.2 Å². The van der Waals surface area contributed by atoms with E-state index >= 15 is 0 Å². The second kappa shape index (κ2) is 6.57. The van der Waals surface area contributed by atoms with Crippen LogP contribution in [-0.2, 0) is 10.0 Å². The van der Waals surface area contributed by atoms with E-state index in [0.717, 1.165) is 31.0 Å². The molecular formula is C16H17F2N3O3S. The molecule has 1 aliphatic rings. The number of aliphatic hydroxyl groups is 1. The Morgan fingerprint density at radius 1 is 1.16 bits per heavy atom. The van der Waals surface area contributed by atoms with Crippen LogP contribution in [0.5, 0.6) is 0 Å². The molecule has 3 rings (SSSR count). The van der Waals surface area contributed by atoms with Crippen molar-refractivity contribution in [2.75, 3.05) is 23.2 Å². The predicted octanol–water partition coefficient (Wildman–Crippen LogP) is 2.34. The Kier molecular flexibility index (Phi) is 4.61. The summed E-state index contributed by atoms with van der Waals surface area (Å²) in [7, 11) is -3.96. The van der Waals surface area contributed by atoms with Crippen molar-refractivity contribution in [3.05, 3.63) is 48.2 Å². The molecule has 0 saturated heterocycles. The number of hydrogen-bond donors (Lipinski definition) is 3. The fourth-order valence-corrected chi connectivity index (χ4v) is 3.26. The lowest BCUT2D eigenvalue weighted by molar-refractivity contribution is 0.219. The smallest absolute Gasteiger partial charge is 0.263 e. The van der Waals surface area contributed by atoms with E-state index in [1.54, 1.807) is 0 Å². The number of nitrogens with one attached hydrogen (secondary N) is 2. The van der Waals surface area contributed by atoms with Gasteiger partial charge < -0.3 is 10.4 Å². The highest BCUT2D eigenvalue weighted by atomic mass is 32.2. The van der Waals surface area contributed by atoms with Crippen LogP contribution in [0.15, 0.2) is 41.4 Å². The van der Waals surface area contributed by atoms with Crippen molar-refractivity contribution in [3.8, 4) is 0 Å². The number of halogens is 2. The van der Waals surface area contributed by atoms with E-state index in [4.69, 9.17) is 0 Å². The van der Waals surface area contributed by atoms with Crippen molar-refractivity contribution in [3.63, 3.8) is 0 Å². The first-order valence-corrected chi connectivity index (χ1v) is 9.11. The molecule has 25 heavy (non-hydrogen) atoms. The maximum Gasteiger partial charge on any atom is 0.263 e. The predicted molar refractivity (Wildman–Crippen MR) is 88.6 cm³/mol. The summed E-state index contributed by atoms with van der Waals surface area (Å²) in [4.78, 5) is 3.93. The first kappa shape index (κ1) is 17.6. The molecule has 1 aliphatic carbocycles. The van der Waals surface area contributed by atoms with E-state index in [1.165, 1.54) is 18.3 Å². The van der Waals surface area contributed by atoms with Crippen LogP contribution in [0.2, 0.25) is 0 Å². The van der Waals surface area contributed by atoms with E-state index < -0.39 is 21.7 Å². The minimum absolute atomic E-state index is 0.0836. The lowest BCUT2D eigenvalue weighted by atomic mass is 10.1. The van der Waals surface area contributed by atoms with Crippen molar-refractivity contribution >= 4 is 21.5 Å². The van der Waals surface area contributed by atoms with E-state index in [-0.39, 0.29) is 22.6 Å². The molecule has 0 amide bonds. The number of aliphatic hydroxyl groups excluding tert-OH is 1. The van der Waals surface area contributed by atoms with E-state index in [2.05, 4.69) is 15.0 Å². The zero-order valence-electron chi connectivity index (χ0n) is 13.2. The van der Waals surface area contributed by atoms with Gasteiger partial charge in [0.1, 0.15) is 10.7 Å². The molecule has 3 N–H and O–H groups in total. The van der Waals surface area contributed by atoms with Gasteiger partial charge in [-0.15, -0.1) is 0 Å². The maximum absolute atomic E-state index is 13.2. The van der Waals surface area contributed by atoms with Gasteiger partial charge in [-0.1, -0.05) is 0 Å². The Morgan fingerprint density at radius 2 is 1.92 bits per heavy atom. The molecule has 0 atom stereocenters. The van der Waals surface area contributed by atoms with Crippen molar-refractivity contribution in [2.45, 2.75) is 17.7 Å². The molecule has 134 valence electrons. The van der Waals surface area contributed by atoms with Crippen LogP contribution in [0.4, 0.5) is 20.3 Å². The monoisotopic (exact) mass is 369 g/mol. The van der Waals surface area contributed by atoms with Crippen LogP contribution in [-0.4, -0.2) is 31.7 Å². The van der Waals surface area contributed by atoms with Crippen molar-refractivity contribution < 1.29 is 22.3 Å². The van der Waals surface area contributed by atoms with E-state index in [0.29, 0.717) is 12.4 Å². The zero-order valence-corrected chi connectivity index (χ0v) is 14.0. The Bertz CT molecular complexity index is 869. The summed E-state index contributed by atoms with van der Waals surface area (Å²) >= 11 is 0. The highest BCUT2D eigenvalue weighted by Crippen LogP contribution is 2.44. The van der Waals surface area contributed by atoms with Crippen molar-refractivity contribution in [1.82, 2.24) is 4.98 Å². The average molecular weight is 369 g/mol. The molecule has 1 heterocycles. The van der Waals surface area contributed by atoms with Crippen LogP contribution < -0.4 is 10.0 Å². The highest BCUT2D eigenvalue weighted by Gasteiger charge is 2.41. The van der Waals surface area contributed by atoms with Crippen molar-refractivity contribution in [1.29, 1.82) is 0 Å². The van der Waals surface area contributed by atoms with Gasteiger partial charge in [-0.2, -0.15) is 0 Å². The van der Waals surface area contributed by atoms with Gasteiger partial charge in [-0.05, 0) is 37.1 Å². The van der Waals surface area contributed by atoms with Crippen LogP contribution in [0, 0.1) is 17.0 Å². The number of aromatic nitrogens is 1. The molecule has 0 radical (unpaired) electrons. The number of anilines is 2. The van der Waals surface area contributed by atoms with Crippen LogP contribution in [0.25, 0.3) is 0 Å². The van der Waals surface area contributed by atoms with Crippen LogP contribution >= 0.6 is 0 Å². The average Bonchev–Trinajstić information content (AvgIpc) is 3.37. The zero-order chi connectivity index (χ0) is 18.1. The molecule has 1 aromatic carbocycles. The number of nitrogens with zero attached hydrogens (tertiary/aromatic N) is 1. The number of rotatable bonds is 7. The van der Waals surface area contributed by atoms with Gasteiger partial charge in [-0.3, -0.25) is 4.72 Å². The third-order valence-electron chi connectivity index (χ3n) is 4.16.